The van der Waals surface area contributed by atoms with Crippen molar-refractivity contribution in [2.45, 2.75) is 13.3 Å². The molecular weight excluding hydrogens is 350 g/mol. The quantitative estimate of drug-likeness (QED) is 0.514. The van der Waals surface area contributed by atoms with Crippen LogP contribution in [0.5, 0.6) is 0 Å². The zero-order valence-electron chi connectivity index (χ0n) is 14.0. The summed E-state index contributed by atoms with van der Waals surface area (Å²) in [6.07, 6.45) is 0.689. The summed E-state index contributed by atoms with van der Waals surface area (Å²) in [7, 11) is 0. The largest absolute Gasteiger partial charge is 0.306 e. The number of non-ortho nitro benzene ring substituents is 1. The molecule has 2 heterocycles. The molecule has 26 heavy (non-hydrogen) atoms. The molecule has 0 saturated heterocycles. The summed E-state index contributed by atoms with van der Waals surface area (Å²) in [5.41, 5.74) is 4.04. The fraction of sp³-hybridized carbons (Fsp3) is 0.158. The third-order valence-corrected chi connectivity index (χ3v) is 5.33. The van der Waals surface area contributed by atoms with Gasteiger partial charge in [-0.15, -0.1) is 11.3 Å². The van der Waals surface area contributed by atoms with Crippen LogP contribution in [0.2, 0.25) is 0 Å². The summed E-state index contributed by atoms with van der Waals surface area (Å²) in [5, 5.41) is 13.5. The molecule has 130 valence electrons. The third-order valence-electron chi connectivity index (χ3n) is 4.44. The molecule has 0 radical (unpaired) electrons. The zero-order valence-corrected chi connectivity index (χ0v) is 14.8. The molecule has 6 nitrogen and oxygen atoms in total. The molecule has 3 aromatic rings. The molecule has 0 N–H and O–H groups in total. The Balaban J connectivity index is 1.63. The van der Waals surface area contributed by atoms with E-state index in [2.05, 4.69) is 4.98 Å². The van der Waals surface area contributed by atoms with Gasteiger partial charge in [0.15, 0.2) is 0 Å². The number of hydrogen-bond acceptors (Lipinski definition) is 5. The number of benzene rings is 2. The maximum atomic E-state index is 12.9. The number of nitrogens with zero attached hydrogens (tertiary/aromatic N) is 3. The molecule has 0 spiro atoms. The Morgan fingerprint density at radius 1 is 1.23 bits per heavy atom. The first-order valence-electron chi connectivity index (χ1n) is 8.14. The van der Waals surface area contributed by atoms with E-state index in [0.29, 0.717) is 24.3 Å². The van der Waals surface area contributed by atoms with Crippen molar-refractivity contribution < 1.29 is 9.72 Å². The van der Waals surface area contributed by atoms with Crippen molar-refractivity contribution in [3.63, 3.8) is 0 Å². The maximum absolute atomic E-state index is 12.9. The standard InChI is InChI=1S/C19H15N3O3S/c1-12-2-4-14(5-3-12)18-20-16(11-26-18)19(23)21-9-8-13-6-7-15(22(24)25)10-17(13)21/h2-7,10-11H,8-9H2,1H3. The van der Waals surface area contributed by atoms with Gasteiger partial charge in [0, 0.05) is 29.6 Å². The van der Waals surface area contributed by atoms with Gasteiger partial charge in [0.1, 0.15) is 10.7 Å². The van der Waals surface area contributed by atoms with E-state index < -0.39 is 4.92 Å². The number of amides is 1. The van der Waals surface area contributed by atoms with Crippen LogP contribution in [-0.4, -0.2) is 22.4 Å². The Bertz CT molecular complexity index is 1010. The van der Waals surface area contributed by atoms with Crippen molar-refractivity contribution in [3.05, 3.63) is 74.8 Å². The zero-order chi connectivity index (χ0) is 18.3. The first-order valence-corrected chi connectivity index (χ1v) is 9.02. The van der Waals surface area contributed by atoms with Crippen LogP contribution >= 0.6 is 11.3 Å². The molecule has 0 atom stereocenters. The van der Waals surface area contributed by atoms with Crippen molar-refractivity contribution in [1.29, 1.82) is 0 Å². The normalized spacial score (nSPS) is 12.9. The van der Waals surface area contributed by atoms with Crippen molar-refractivity contribution in [3.8, 4) is 10.6 Å². The SMILES string of the molecule is Cc1ccc(-c2nc(C(=O)N3CCc4ccc([N+](=O)[O-])cc43)cs2)cc1. The molecule has 2 aromatic carbocycles. The lowest BCUT2D eigenvalue weighted by Crippen LogP contribution is -2.29. The molecule has 0 unspecified atom stereocenters. The highest BCUT2D eigenvalue weighted by atomic mass is 32.1. The number of rotatable bonds is 3. The van der Waals surface area contributed by atoms with E-state index in [-0.39, 0.29) is 11.6 Å². The lowest BCUT2D eigenvalue weighted by molar-refractivity contribution is -0.384. The molecule has 1 aliphatic rings. The van der Waals surface area contributed by atoms with E-state index in [1.165, 1.54) is 23.5 Å². The minimum Gasteiger partial charge on any atom is -0.306 e. The second kappa shape index (κ2) is 6.34. The first-order chi connectivity index (χ1) is 12.5. The van der Waals surface area contributed by atoms with Gasteiger partial charge in [0.2, 0.25) is 0 Å². The van der Waals surface area contributed by atoms with Gasteiger partial charge in [0.05, 0.1) is 10.6 Å². The van der Waals surface area contributed by atoms with E-state index in [9.17, 15) is 14.9 Å². The molecule has 1 amide bonds. The summed E-state index contributed by atoms with van der Waals surface area (Å²) in [6.45, 7) is 2.53. The lowest BCUT2D eigenvalue weighted by atomic mass is 10.1. The third kappa shape index (κ3) is 2.86. The van der Waals surface area contributed by atoms with Gasteiger partial charge >= 0.3 is 0 Å². The summed E-state index contributed by atoms with van der Waals surface area (Å²) < 4.78 is 0. The Morgan fingerprint density at radius 3 is 2.73 bits per heavy atom. The molecular formula is C19H15N3O3S. The van der Waals surface area contributed by atoms with Gasteiger partial charge in [-0.05, 0) is 18.9 Å². The van der Waals surface area contributed by atoms with Crippen molar-refractivity contribution in [2.24, 2.45) is 0 Å². The van der Waals surface area contributed by atoms with Crippen molar-refractivity contribution >= 4 is 28.6 Å². The molecule has 0 saturated carbocycles. The van der Waals surface area contributed by atoms with Gasteiger partial charge in [0.25, 0.3) is 11.6 Å². The van der Waals surface area contributed by atoms with Crippen molar-refractivity contribution in [2.75, 3.05) is 11.4 Å². The van der Waals surface area contributed by atoms with E-state index in [0.717, 1.165) is 21.7 Å². The Hall–Kier alpha value is -3.06. The number of aryl methyl sites for hydroxylation is 1. The lowest BCUT2D eigenvalue weighted by Gasteiger charge is -2.15. The van der Waals surface area contributed by atoms with E-state index >= 15 is 0 Å². The number of thiazole rings is 1. The average Bonchev–Trinajstić information content (AvgIpc) is 3.28. The summed E-state index contributed by atoms with van der Waals surface area (Å²) in [4.78, 5) is 29.5. The predicted molar refractivity (Wildman–Crippen MR) is 101 cm³/mol. The Kier molecular flexibility index (Phi) is 4.00. The van der Waals surface area contributed by atoms with Crippen LogP contribution < -0.4 is 4.90 Å². The van der Waals surface area contributed by atoms with Crippen LogP contribution in [0.1, 0.15) is 21.6 Å². The van der Waals surface area contributed by atoms with Gasteiger partial charge < -0.3 is 4.90 Å². The fourth-order valence-electron chi connectivity index (χ4n) is 3.03. The minimum absolute atomic E-state index is 0.0120. The van der Waals surface area contributed by atoms with E-state index in [4.69, 9.17) is 0 Å². The Labute approximate surface area is 153 Å². The molecule has 0 bridgehead atoms. The van der Waals surface area contributed by atoms with Gasteiger partial charge in [-0.1, -0.05) is 35.9 Å². The summed E-state index contributed by atoms with van der Waals surface area (Å²) >= 11 is 1.42. The van der Waals surface area contributed by atoms with Crippen LogP contribution in [0.4, 0.5) is 11.4 Å². The molecule has 0 aliphatic carbocycles. The van der Waals surface area contributed by atoms with Crippen LogP contribution in [0.15, 0.2) is 47.8 Å². The summed E-state index contributed by atoms with van der Waals surface area (Å²) in [5.74, 6) is -0.223. The Morgan fingerprint density at radius 2 is 2.00 bits per heavy atom. The first kappa shape index (κ1) is 16.4. The van der Waals surface area contributed by atoms with Crippen LogP contribution in [0, 0.1) is 17.0 Å². The average molecular weight is 365 g/mol. The van der Waals surface area contributed by atoms with Gasteiger partial charge in [-0.2, -0.15) is 0 Å². The number of fused-ring (bicyclic) bond motifs is 1. The highest BCUT2D eigenvalue weighted by Gasteiger charge is 2.28. The van der Waals surface area contributed by atoms with Crippen molar-refractivity contribution in [1.82, 2.24) is 4.98 Å². The monoisotopic (exact) mass is 365 g/mol. The van der Waals surface area contributed by atoms with Crippen LogP contribution in [0.25, 0.3) is 10.6 Å². The number of hydrogen-bond donors (Lipinski definition) is 0. The molecule has 1 aromatic heterocycles. The molecule has 1 aliphatic heterocycles. The number of carbonyl (C=O) groups is 1. The number of nitro benzene ring substituents is 1. The summed E-state index contributed by atoms with van der Waals surface area (Å²) in [6, 6.07) is 12.6. The number of aromatic nitrogens is 1. The van der Waals surface area contributed by atoms with E-state index in [1.807, 2.05) is 31.2 Å². The number of nitro groups is 1. The molecule has 0 fully saturated rings. The topological polar surface area (TPSA) is 76.3 Å². The van der Waals surface area contributed by atoms with Gasteiger partial charge in [-0.25, -0.2) is 4.98 Å². The van der Waals surface area contributed by atoms with Gasteiger partial charge in [-0.3, -0.25) is 14.9 Å². The predicted octanol–water partition coefficient (Wildman–Crippen LogP) is 4.23. The second-order valence-corrected chi connectivity index (χ2v) is 7.04. The molecule has 4 rings (SSSR count). The number of anilines is 1. The smallest absolute Gasteiger partial charge is 0.277 e. The highest BCUT2D eigenvalue weighted by Crippen LogP contribution is 2.33. The maximum Gasteiger partial charge on any atom is 0.277 e. The van der Waals surface area contributed by atoms with Crippen LogP contribution in [0.3, 0.4) is 0 Å². The minimum atomic E-state index is -0.445. The molecule has 7 heteroatoms. The second-order valence-electron chi connectivity index (χ2n) is 6.18. The van der Waals surface area contributed by atoms with E-state index in [1.54, 1.807) is 16.3 Å². The highest BCUT2D eigenvalue weighted by molar-refractivity contribution is 7.13. The number of carbonyl (C=O) groups excluding carboxylic acids is 1. The van der Waals surface area contributed by atoms with Crippen LogP contribution in [-0.2, 0) is 6.42 Å². The fourth-order valence-corrected chi connectivity index (χ4v) is 3.83.